The Morgan fingerprint density at radius 2 is 1.23 bits per heavy atom. The number of hydrogen-bond acceptors (Lipinski definition) is 2. The van der Waals surface area contributed by atoms with Gasteiger partial charge >= 0.3 is 0 Å². The number of aliphatic hydroxyl groups excluding tert-OH is 1. The summed E-state index contributed by atoms with van der Waals surface area (Å²) in [5.74, 6) is 0. The Labute approximate surface area is 214 Å². The quantitative estimate of drug-likeness (QED) is 0.146. The van der Waals surface area contributed by atoms with Crippen LogP contribution in [0.2, 0.25) is 0 Å². The maximum absolute atomic E-state index is 8.26. The second-order valence-electron chi connectivity index (χ2n) is 6.73. The van der Waals surface area contributed by atoms with Crippen LogP contribution in [-0.4, -0.2) is 18.3 Å². The van der Waals surface area contributed by atoms with E-state index in [0.29, 0.717) is 13.2 Å². The number of halogens is 3. The molecule has 0 saturated carbocycles. The number of allylic oxidation sites excluding steroid dienone is 2. The van der Waals surface area contributed by atoms with Crippen molar-refractivity contribution in [3.05, 3.63) is 93.9 Å². The average Bonchev–Trinajstić information content (AvgIpc) is 2.79. The summed E-state index contributed by atoms with van der Waals surface area (Å²) >= 11 is 10.1. The summed E-state index contributed by atoms with van der Waals surface area (Å²) in [5, 5.41) is 9.19. The topological polar surface area (TPSA) is 29.5 Å². The van der Waals surface area contributed by atoms with Gasteiger partial charge in [0.1, 0.15) is 0 Å². The Bertz CT molecular complexity index is 670. The molecule has 31 heavy (non-hydrogen) atoms. The van der Waals surface area contributed by atoms with E-state index >= 15 is 0 Å². The minimum atomic E-state index is 0.313. The van der Waals surface area contributed by atoms with Gasteiger partial charge in [-0.3, -0.25) is 0 Å². The highest BCUT2D eigenvalue weighted by atomic mass is 79.9. The number of benzene rings is 2. The molecular formula is C26H35Br3O2. The van der Waals surface area contributed by atoms with E-state index in [1.165, 1.54) is 17.5 Å². The second-order valence-corrected chi connectivity index (χ2v) is 9.12. The van der Waals surface area contributed by atoms with Crippen LogP contribution < -0.4 is 0 Å². The summed E-state index contributed by atoms with van der Waals surface area (Å²) in [6.45, 7) is 9.10. The molecule has 0 atom stereocenters. The highest BCUT2D eigenvalue weighted by molar-refractivity contribution is 9.10. The summed E-state index contributed by atoms with van der Waals surface area (Å²) < 4.78 is 7.80. The van der Waals surface area contributed by atoms with E-state index in [4.69, 9.17) is 9.84 Å². The van der Waals surface area contributed by atoms with E-state index in [1.807, 2.05) is 36.4 Å². The first-order valence-corrected chi connectivity index (χ1v) is 13.2. The number of rotatable bonds is 12. The molecule has 0 aliphatic rings. The normalized spacial score (nSPS) is 9.68. The van der Waals surface area contributed by atoms with Crippen LogP contribution in [0.15, 0.2) is 82.8 Å². The molecule has 0 heterocycles. The van der Waals surface area contributed by atoms with Gasteiger partial charge in [0.05, 0.1) is 6.61 Å². The Morgan fingerprint density at radius 1 is 0.742 bits per heavy atom. The highest BCUT2D eigenvalue weighted by Crippen LogP contribution is 2.12. The third-order valence-corrected chi connectivity index (χ3v) is 5.72. The van der Waals surface area contributed by atoms with E-state index in [-0.39, 0.29) is 0 Å². The predicted octanol–water partition coefficient (Wildman–Crippen LogP) is 9.00. The van der Waals surface area contributed by atoms with Crippen LogP contribution in [0.4, 0.5) is 0 Å². The highest BCUT2D eigenvalue weighted by Gasteiger charge is 1.93. The standard InChI is InChI=1S/C13H17BrO.C7H6Br2.C6H12O/c1-2-3-4-5-10-15-11-12-6-8-13(14)9-7-12;8-5-6-1-3-7(9)4-2-6;1-2-3-4-5-6-7/h2,6-9H,1,3-5,10-11H2;1-4H,5H2;2,7H,1,3-6H2. The van der Waals surface area contributed by atoms with Crippen molar-refractivity contribution in [2.45, 2.75) is 50.5 Å². The lowest BCUT2D eigenvalue weighted by molar-refractivity contribution is 0.117. The molecule has 2 rings (SSSR count). The van der Waals surface area contributed by atoms with Crippen molar-refractivity contribution in [1.29, 1.82) is 0 Å². The molecule has 0 bridgehead atoms. The summed E-state index contributed by atoms with van der Waals surface area (Å²) in [6, 6.07) is 16.5. The van der Waals surface area contributed by atoms with Gasteiger partial charge in [-0.25, -0.2) is 0 Å². The molecule has 2 aromatic rings. The third kappa shape index (κ3) is 19.7. The van der Waals surface area contributed by atoms with Gasteiger partial charge in [-0.15, -0.1) is 13.2 Å². The molecule has 0 aliphatic carbocycles. The monoisotopic (exact) mass is 616 g/mol. The van der Waals surface area contributed by atoms with Gasteiger partial charge in [0.15, 0.2) is 0 Å². The Hall–Kier alpha value is -0.720. The molecule has 0 saturated heterocycles. The van der Waals surface area contributed by atoms with E-state index in [0.717, 1.165) is 53.0 Å². The molecule has 5 heteroatoms. The summed E-state index contributed by atoms with van der Waals surface area (Å²) in [6.07, 6.45) is 10.2. The van der Waals surface area contributed by atoms with Crippen molar-refractivity contribution in [3.63, 3.8) is 0 Å². The smallest absolute Gasteiger partial charge is 0.0716 e. The van der Waals surface area contributed by atoms with Gasteiger partial charge in [0, 0.05) is 27.5 Å². The van der Waals surface area contributed by atoms with Crippen molar-refractivity contribution in [2.24, 2.45) is 0 Å². The Balaban J connectivity index is 0.000000479. The van der Waals surface area contributed by atoms with Crippen LogP contribution in [0.3, 0.4) is 0 Å². The van der Waals surface area contributed by atoms with Crippen molar-refractivity contribution in [3.8, 4) is 0 Å². The largest absolute Gasteiger partial charge is 0.396 e. The van der Waals surface area contributed by atoms with Crippen molar-refractivity contribution < 1.29 is 9.84 Å². The first-order chi connectivity index (χ1) is 15.1. The molecule has 1 N–H and O–H groups in total. The number of aliphatic hydroxyl groups is 1. The Kier molecular flexibility index (Phi) is 22.0. The minimum absolute atomic E-state index is 0.313. The summed E-state index contributed by atoms with van der Waals surface area (Å²) in [7, 11) is 0. The predicted molar refractivity (Wildman–Crippen MR) is 146 cm³/mol. The molecule has 0 spiro atoms. The van der Waals surface area contributed by atoms with Gasteiger partial charge in [0.25, 0.3) is 0 Å². The van der Waals surface area contributed by atoms with Crippen molar-refractivity contribution in [2.75, 3.05) is 13.2 Å². The first kappa shape index (κ1) is 30.3. The summed E-state index contributed by atoms with van der Waals surface area (Å²) in [4.78, 5) is 0. The minimum Gasteiger partial charge on any atom is -0.396 e. The molecule has 0 radical (unpaired) electrons. The maximum Gasteiger partial charge on any atom is 0.0716 e. The van der Waals surface area contributed by atoms with Crippen LogP contribution in [0.25, 0.3) is 0 Å². The van der Waals surface area contributed by atoms with Crippen molar-refractivity contribution in [1.82, 2.24) is 0 Å². The van der Waals surface area contributed by atoms with E-state index in [2.05, 4.69) is 85.2 Å². The Morgan fingerprint density at radius 3 is 1.68 bits per heavy atom. The van der Waals surface area contributed by atoms with Gasteiger partial charge < -0.3 is 9.84 Å². The van der Waals surface area contributed by atoms with Crippen LogP contribution >= 0.6 is 47.8 Å². The van der Waals surface area contributed by atoms with Crippen LogP contribution in [0.1, 0.15) is 49.7 Å². The van der Waals surface area contributed by atoms with Gasteiger partial charge in [-0.1, -0.05) is 84.2 Å². The molecule has 0 aromatic heterocycles. The van der Waals surface area contributed by atoms with Gasteiger partial charge in [-0.2, -0.15) is 0 Å². The number of hydrogen-bond donors (Lipinski definition) is 1. The lowest BCUT2D eigenvalue weighted by atomic mass is 10.2. The SMILES string of the molecule is BrCc1ccc(Br)cc1.C=CCCCCO.C=CCCCCOCc1ccc(Br)cc1. The zero-order valence-corrected chi connectivity index (χ0v) is 23.0. The number of ether oxygens (including phenoxy) is 1. The lowest BCUT2D eigenvalue weighted by Crippen LogP contribution is -1.95. The maximum atomic E-state index is 8.26. The molecule has 0 amide bonds. The molecule has 0 unspecified atom stereocenters. The molecule has 0 aliphatic heterocycles. The lowest BCUT2D eigenvalue weighted by Gasteiger charge is -2.03. The second kappa shape index (κ2) is 22.5. The van der Waals surface area contributed by atoms with Crippen LogP contribution in [0.5, 0.6) is 0 Å². The molecule has 2 aromatic carbocycles. The first-order valence-electron chi connectivity index (χ1n) is 10.5. The fraction of sp³-hybridized carbons (Fsp3) is 0.385. The van der Waals surface area contributed by atoms with Crippen LogP contribution in [0, 0.1) is 0 Å². The zero-order valence-electron chi connectivity index (χ0n) is 18.2. The van der Waals surface area contributed by atoms with Gasteiger partial charge in [-0.05, 0) is 73.9 Å². The molecular weight excluding hydrogens is 584 g/mol. The fourth-order valence-corrected chi connectivity index (χ4v) is 3.14. The molecule has 0 fully saturated rings. The fourth-order valence-electron chi connectivity index (χ4n) is 2.24. The summed E-state index contributed by atoms with van der Waals surface area (Å²) in [5.41, 5.74) is 2.53. The van der Waals surface area contributed by atoms with E-state index in [9.17, 15) is 0 Å². The van der Waals surface area contributed by atoms with Crippen molar-refractivity contribution >= 4 is 47.8 Å². The average molecular weight is 619 g/mol. The molecule has 2 nitrogen and oxygen atoms in total. The van der Waals surface area contributed by atoms with E-state index < -0.39 is 0 Å². The number of unbranched alkanes of at least 4 members (excludes halogenated alkanes) is 4. The third-order valence-electron chi connectivity index (χ3n) is 4.01. The molecule has 172 valence electrons. The number of alkyl halides is 1. The van der Waals surface area contributed by atoms with Gasteiger partial charge in [0.2, 0.25) is 0 Å². The zero-order chi connectivity index (χ0) is 23.2. The van der Waals surface area contributed by atoms with E-state index in [1.54, 1.807) is 0 Å². The van der Waals surface area contributed by atoms with Crippen LogP contribution in [-0.2, 0) is 16.7 Å².